The van der Waals surface area contributed by atoms with Gasteiger partial charge in [-0.1, -0.05) is 71.7 Å². The molecule has 0 unspecified atom stereocenters. The molecule has 5 rings (SSSR count). The number of esters is 1. The number of aromatic nitrogens is 2. The second-order valence-electron chi connectivity index (χ2n) is 14.7. The van der Waals surface area contributed by atoms with Crippen molar-refractivity contribution in [3.05, 3.63) is 52.6 Å². The summed E-state index contributed by atoms with van der Waals surface area (Å²) in [5, 5.41) is 14.2. The zero-order chi connectivity index (χ0) is 36.8. The average molecular weight is 708 g/mol. The fourth-order valence-corrected chi connectivity index (χ4v) is 6.72. The van der Waals surface area contributed by atoms with Gasteiger partial charge in [-0.25, -0.2) is 9.59 Å². The van der Waals surface area contributed by atoms with Crippen LogP contribution in [0.5, 0.6) is 0 Å². The van der Waals surface area contributed by atoms with Gasteiger partial charge in [0, 0.05) is 24.7 Å². The molecule has 1 aromatic carbocycles. The molecule has 3 aromatic rings. The number of rotatable bonds is 15. The lowest BCUT2D eigenvalue weighted by atomic mass is 10.0. The summed E-state index contributed by atoms with van der Waals surface area (Å²) in [4.78, 5) is 58.3. The SMILES string of the molecule is CCCCCc1ccc(-c2cc3cn([C@H]4C[C@H](O)[C@@H](COC(=O)[C@H](CC(C)C)NC(=O)[C@@H]5CCCN5C(=O)[C@@H](N)C(C)C)O4)c(=O)nc3o2)cc1. The number of furan rings is 1. The molecule has 2 aromatic heterocycles. The molecule has 2 aliphatic rings. The van der Waals surface area contributed by atoms with Crippen molar-refractivity contribution in [3.63, 3.8) is 0 Å². The van der Waals surface area contributed by atoms with Crippen LogP contribution in [0.4, 0.5) is 0 Å². The number of carbonyl (C=O) groups excluding carboxylic acids is 3. The number of aliphatic hydroxyl groups excluding tert-OH is 1. The molecule has 0 radical (unpaired) electrons. The first kappa shape index (κ1) is 38.2. The highest BCUT2D eigenvalue weighted by atomic mass is 16.6. The molecule has 51 heavy (non-hydrogen) atoms. The Labute approximate surface area is 298 Å². The molecule has 0 spiro atoms. The fraction of sp³-hybridized carbons (Fsp3) is 0.605. The molecule has 278 valence electrons. The van der Waals surface area contributed by atoms with Gasteiger partial charge in [0.25, 0.3) is 0 Å². The zero-order valence-electron chi connectivity index (χ0n) is 30.4. The largest absolute Gasteiger partial charge is 0.461 e. The minimum atomic E-state index is -1.03. The van der Waals surface area contributed by atoms with E-state index in [2.05, 4.69) is 29.4 Å². The van der Waals surface area contributed by atoms with E-state index in [4.69, 9.17) is 19.6 Å². The number of unbranched alkanes of at least 4 members (excludes halogenated alkanes) is 2. The summed E-state index contributed by atoms with van der Waals surface area (Å²) in [6, 6.07) is 7.58. The second kappa shape index (κ2) is 17.0. The number of fused-ring (bicyclic) bond motifs is 1. The van der Waals surface area contributed by atoms with Crippen molar-refractivity contribution < 1.29 is 33.4 Å². The Morgan fingerprint density at radius 3 is 2.57 bits per heavy atom. The number of benzene rings is 1. The summed E-state index contributed by atoms with van der Waals surface area (Å²) >= 11 is 0. The molecule has 0 bridgehead atoms. The summed E-state index contributed by atoms with van der Waals surface area (Å²) < 4.78 is 18.8. The molecule has 4 N–H and O–H groups in total. The van der Waals surface area contributed by atoms with Crippen molar-refractivity contribution in [3.8, 4) is 11.3 Å². The number of hydrogen-bond donors (Lipinski definition) is 3. The predicted molar refractivity (Wildman–Crippen MR) is 191 cm³/mol. The molecular formula is C38H53N5O8. The third-order valence-corrected chi connectivity index (χ3v) is 9.80. The lowest BCUT2D eigenvalue weighted by Gasteiger charge is -2.29. The van der Waals surface area contributed by atoms with Crippen LogP contribution in [0, 0.1) is 11.8 Å². The number of carbonyl (C=O) groups is 3. The highest BCUT2D eigenvalue weighted by molar-refractivity contribution is 5.92. The number of likely N-dealkylation sites (tertiary alicyclic amines) is 1. The van der Waals surface area contributed by atoms with Gasteiger partial charge in [0.2, 0.25) is 17.5 Å². The number of nitrogens with one attached hydrogen (secondary N) is 1. The van der Waals surface area contributed by atoms with E-state index in [1.807, 2.05) is 45.9 Å². The van der Waals surface area contributed by atoms with Crippen LogP contribution in [0.3, 0.4) is 0 Å². The predicted octanol–water partition coefficient (Wildman–Crippen LogP) is 4.09. The Morgan fingerprint density at radius 2 is 1.88 bits per heavy atom. The summed E-state index contributed by atoms with van der Waals surface area (Å²) in [5.41, 5.74) is 7.83. The van der Waals surface area contributed by atoms with E-state index in [1.54, 1.807) is 6.20 Å². The van der Waals surface area contributed by atoms with Crippen LogP contribution in [-0.4, -0.2) is 80.8 Å². The van der Waals surface area contributed by atoms with Crippen LogP contribution in [0.2, 0.25) is 0 Å². The van der Waals surface area contributed by atoms with Crippen LogP contribution in [0.15, 0.2) is 45.7 Å². The molecule has 6 atom stereocenters. The first-order valence-electron chi connectivity index (χ1n) is 18.3. The van der Waals surface area contributed by atoms with Crippen molar-refractivity contribution in [2.45, 2.75) is 123 Å². The summed E-state index contributed by atoms with van der Waals surface area (Å²) in [6.07, 6.45) is 4.88. The second-order valence-corrected chi connectivity index (χ2v) is 14.7. The van der Waals surface area contributed by atoms with Gasteiger partial charge in [0.05, 0.1) is 17.5 Å². The van der Waals surface area contributed by atoms with Crippen molar-refractivity contribution in [1.29, 1.82) is 0 Å². The van der Waals surface area contributed by atoms with Crippen LogP contribution in [0.1, 0.15) is 91.4 Å². The average Bonchev–Trinajstić information content (AvgIpc) is 3.84. The van der Waals surface area contributed by atoms with E-state index < -0.39 is 54.1 Å². The Morgan fingerprint density at radius 1 is 1.14 bits per heavy atom. The molecule has 0 aliphatic carbocycles. The topological polar surface area (TPSA) is 179 Å². The third kappa shape index (κ3) is 9.24. The van der Waals surface area contributed by atoms with E-state index >= 15 is 0 Å². The summed E-state index contributed by atoms with van der Waals surface area (Å²) in [7, 11) is 0. The minimum absolute atomic E-state index is 0.0452. The quantitative estimate of drug-likeness (QED) is 0.154. The monoisotopic (exact) mass is 707 g/mol. The molecular weight excluding hydrogens is 654 g/mol. The Balaban J connectivity index is 1.20. The molecule has 2 aliphatic heterocycles. The summed E-state index contributed by atoms with van der Waals surface area (Å²) in [6.45, 7) is 9.88. The minimum Gasteiger partial charge on any atom is -0.461 e. The van der Waals surface area contributed by atoms with Crippen LogP contribution in [-0.2, 0) is 30.3 Å². The van der Waals surface area contributed by atoms with Crippen LogP contribution >= 0.6 is 0 Å². The normalized spacial score (nSPS) is 21.8. The van der Waals surface area contributed by atoms with E-state index in [0.717, 1.165) is 18.4 Å². The number of ether oxygens (including phenoxy) is 2. The van der Waals surface area contributed by atoms with Gasteiger partial charge >= 0.3 is 11.7 Å². The van der Waals surface area contributed by atoms with Crippen molar-refractivity contribution in [2.24, 2.45) is 17.6 Å². The zero-order valence-corrected chi connectivity index (χ0v) is 30.4. The number of hydrogen-bond acceptors (Lipinski definition) is 10. The lowest BCUT2D eigenvalue weighted by molar-refractivity contribution is -0.155. The van der Waals surface area contributed by atoms with Crippen LogP contribution in [0.25, 0.3) is 22.4 Å². The molecule has 2 amide bonds. The number of nitrogens with two attached hydrogens (primary N) is 1. The van der Waals surface area contributed by atoms with Crippen molar-refractivity contribution in [2.75, 3.05) is 13.2 Å². The first-order valence-corrected chi connectivity index (χ1v) is 18.3. The van der Waals surface area contributed by atoms with Gasteiger partial charge in [0.1, 0.15) is 36.8 Å². The Kier molecular flexibility index (Phi) is 12.7. The number of aryl methyl sites for hydroxylation is 1. The summed E-state index contributed by atoms with van der Waals surface area (Å²) in [5.74, 6) is -0.836. The van der Waals surface area contributed by atoms with E-state index in [9.17, 15) is 24.3 Å². The number of aliphatic hydroxyl groups is 1. The van der Waals surface area contributed by atoms with Crippen molar-refractivity contribution in [1.82, 2.24) is 19.8 Å². The molecule has 0 saturated carbocycles. The van der Waals surface area contributed by atoms with E-state index in [-0.39, 0.29) is 36.5 Å². The molecule has 2 saturated heterocycles. The molecule has 13 heteroatoms. The molecule has 4 heterocycles. The van der Waals surface area contributed by atoms with Crippen LogP contribution < -0.4 is 16.7 Å². The maximum atomic E-state index is 13.4. The number of amides is 2. The number of nitrogens with zero attached hydrogens (tertiary/aromatic N) is 3. The Bertz CT molecular complexity index is 1720. The van der Waals surface area contributed by atoms with Gasteiger partial charge in [-0.05, 0) is 55.6 Å². The maximum absolute atomic E-state index is 13.4. The third-order valence-electron chi connectivity index (χ3n) is 9.80. The van der Waals surface area contributed by atoms with Gasteiger partial charge in [0.15, 0.2) is 0 Å². The van der Waals surface area contributed by atoms with Gasteiger partial charge in [-0.2, -0.15) is 4.98 Å². The maximum Gasteiger partial charge on any atom is 0.353 e. The smallest absolute Gasteiger partial charge is 0.353 e. The van der Waals surface area contributed by atoms with Gasteiger partial charge < -0.3 is 34.9 Å². The van der Waals surface area contributed by atoms with Gasteiger partial charge in [-0.3, -0.25) is 14.2 Å². The van der Waals surface area contributed by atoms with E-state index in [1.165, 1.54) is 27.9 Å². The highest BCUT2D eigenvalue weighted by Gasteiger charge is 2.40. The Hall–Kier alpha value is -4.07. The standard InChI is InChI=1S/C38H53N5O8/c1-6-7-8-10-24-12-14-25(15-13-24)30-18-26-20-43(38(48)41-35(26)51-30)32-19-29(44)31(50-32)21-49-37(47)27(17-22(2)3)40-34(45)28-11-9-16-42(28)36(46)33(39)23(4)5/h12-15,18,20,22-23,27-29,31-33,44H,6-11,16-17,19,21,39H2,1-5H3,(H,40,45)/t27-,28-,29-,31+,32+,33-/m0/s1. The first-order chi connectivity index (χ1) is 24.4. The lowest BCUT2D eigenvalue weighted by Crippen LogP contribution is -2.55. The molecule has 13 nitrogen and oxygen atoms in total. The highest BCUT2D eigenvalue weighted by Crippen LogP contribution is 2.31. The van der Waals surface area contributed by atoms with E-state index in [0.29, 0.717) is 37.0 Å². The fourth-order valence-electron chi connectivity index (χ4n) is 6.72. The van der Waals surface area contributed by atoms with Crippen molar-refractivity contribution >= 4 is 28.9 Å². The van der Waals surface area contributed by atoms with Gasteiger partial charge in [-0.15, -0.1) is 0 Å². The molecule has 2 fully saturated rings.